The number of rotatable bonds is 8. The van der Waals surface area contributed by atoms with Crippen LogP contribution in [-0.2, 0) is 16.1 Å². The highest BCUT2D eigenvalue weighted by Gasteiger charge is 2.28. The van der Waals surface area contributed by atoms with Gasteiger partial charge < -0.3 is 11.1 Å². The van der Waals surface area contributed by atoms with Gasteiger partial charge in [0.2, 0.25) is 11.8 Å². The van der Waals surface area contributed by atoms with Crippen LogP contribution in [0.3, 0.4) is 0 Å². The molecule has 1 aliphatic rings. The Hall–Kier alpha value is -2.21. The molecule has 1 fully saturated rings. The van der Waals surface area contributed by atoms with Gasteiger partial charge in [-0.25, -0.2) is 0 Å². The number of likely N-dealkylation sites (tertiary alicyclic amines) is 1. The fourth-order valence-corrected chi connectivity index (χ4v) is 2.71. The molecular weight excluding hydrogens is 306 g/mol. The number of imide groups is 1. The number of nitrogens with one attached hydrogen (secondary N) is 1. The molecule has 1 unspecified atom stereocenters. The van der Waals surface area contributed by atoms with Gasteiger partial charge in [-0.05, 0) is 24.1 Å². The molecule has 1 saturated heterocycles. The van der Waals surface area contributed by atoms with E-state index in [0.29, 0.717) is 12.1 Å². The van der Waals surface area contributed by atoms with Crippen molar-refractivity contribution in [3.05, 3.63) is 35.4 Å². The summed E-state index contributed by atoms with van der Waals surface area (Å²) in [6.07, 6.45) is 3.54. The van der Waals surface area contributed by atoms with Crippen molar-refractivity contribution in [3.8, 4) is 0 Å². The van der Waals surface area contributed by atoms with Crippen LogP contribution in [0.2, 0.25) is 0 Å². The maximum absolute atomic E-state index is 12.3. The minimum atomic E-state index is -0.151. The monoisotopic (exact) mass is 331 g/mol. The Kier molecular flexibility index (Phi) is 6.49. The van der Waals surface area contributed by atoms with Crippen LogP contribution in [0, 0.1) is 0 Å². The number of carbonyl (C=O) groups excluding carboxylic acids is 3. The van der Waals surface area contributed by atoms with Gasteiger partial charge in [0.1, 0.15) is 0 Å². The van der Waals surface area contributed by atoms with E-state index < -0.39 is 0 Å². The highest BCUT2D eigenvalue weighted by Crippen LogP contribution is 2.16. The van der Waals surface area contributed by atoms with Crippen molar-refractivity contribution in [1.29, 1.82) is 0 Å². The normalized spacial score (nSPS) is 15.7. The van der Waals surface area contributed by atoms with Crippen LogP contribution in [0.4, 0.5) is 0 Å². The van der Waals surface area contributed by atoms with Crippen molar-refractivity contribution in [2.24, 2.45) is 5.73 Å². The fourth-order valence-electron chi connectivity index (χ4n) is 2.71. The molecule has 1 heterocycles. The molecular formula is C18H25N3O3. The smallest absolute Gasteiger partial charge is 0.251 e. The molecule has 0 aromatic heterocycles. The second-order valence-corrected chi connectivity index (χ2v) is 6.12. The van der Waals surface area contributed by atoms with Gasteiger partial charge in [0.15, 0.2) is 0 Å². The third-order valence-corrected chi connectivity index (χ3v) is 4.24. The third-order valence-electron chi connectivity index (χ3n) is 4.24. The zero-order valence-electron chi connectivity index (χ0n) is 14.1. The maximum atomic E-state index is 12.3. The van der Waals surface area contributed by atoms with E-state index in [0.717, 1.165) is 24.8 Å². The second-order valence-electron chi connectivity index (χ2n) is 6.12. The average Bonchev–Trinajstić information content (AvgIpc) is 2.91. The lowest BCUT2D eigenvalue weighted by Crippen LogP contribution is -2.40. The highest BCUT2D eigenvalue weighted by atomic mass is 16.2. The van der Waals surface area contributed by atoms with E-state index in [-0.39, 0.29) is 43.1 Å². The lowest BCUT2D eigenvalue weighted by atomic mass is 10.1. The van der Waals surface area contributed by atoms with Crippen LogP contribution in [0.1, 0.15) is 54.9 Å². The fraction of sp³-hybridized carbons (Fsp3) is 0.500. The molecule has 0 radical (unpaired) electrons. The van der Waals surface area contributed by atoms with Crippen LogP contribution < -0.4 is 11.1 Å². The number of hydrogen-bond donors (Lipinski definition) is 2. The predicted octanol–water partition coefficient (Wildman–Crippen LogP) is 1.58. The number of hydrogen-bond acceptors (Lipinski definition) is 4. The van der Waals surface area contributed by atoms with Gasteiger partial charge in [0.05, 0.1) is 6.54 Å². The Balaban J connectivity index is 1.94. The summed E-state index contributed by atoms with van der Waals surface area (Å²) in [5, 5.41) is 2.94. The Morgan fingerprint density at radius 3 is 2.38 bits per heavy atom. The summed E-state index contributed by atoms with van der Waals surface area (Å²) in [5.74, 6) is -0.423. The van der Waals surface area contributed by atoms with Gasteiger partial charge in [-0.15, -0.1) is 0 Å². The Bertz CT molecular complexity index is 582. The highest BCUT2D eigenvalue weighted by molar-refractivity contribution is 6.01. The van der Waals surface area contributed by atoms with Gasteiger partial charge in [-0.2, -0.15) is 0 Å². The van der Waals surface area contributed by atoms with Gasteiger partial charge in [-0.3, -0.25) is 19.3 Å². The first-order valence-corrected chi connectivity index (χ1v) is 8.48. The summed E-state index contributed by atoms with van der Waals surface area (Å²) in [4.78, 5) is 36.8. The molecule has 0 aliphatic carbocycles. The van der Waals surface area contributed by atoms with Gasteiger partial charge in [0.25, 0.3) is 5.91 Å². The van der Waals surface area contributed by atoms with Crippen LogP contribution in [-0.4, -0.2) is 35.2 Å². The van der Waals surface area contributed by atoms with Gasteiger partial charge in [-0.1, -0.05) is 31.9 Å². The predicted molar refractivity (Wildman–Crippen MR) is 91.1 cm³/mol. The van der Waals surface area contributed by atoms with Gasteiger partial charge in [0, 0.05) is 31.0 Å². The van der Waals surface area contributed by atoms with E-state index in [1.807, 2.05) is 0 Å². The van der Waals surface area contributed by atoms with Crippen molar-refractivity contribution in [1.82, 2.24) is 10.2 Å². The minimum Gasteiger partial charge on any atom is -0.348 e. The Labute approximate surface area is 142 Å². The van der Waals surface area contributed by atoms with E-state index in [1.165, 1.54) is 4.90 Å². The van der Waals surface area contributed by atoms with Crippen molar-refractivity contribution in [2.75, 3.05) is 6.54 Å². The molecule has 24 heavy (non-hydrogen) atoms. The van der Waals surface area contributed by atoms with Crippen molar-refractivity contribution < 1.29 is 14.4 Å². The first-order valence-electron chi connectivity index (χ1n) is 8.48. The quantitative estimate of drug-likeness (QED) is 0.707. The zero-order chi connectivity index (χ0) is 17.5. The number of carbonyl (C=O) groups is 3. The topological polar surface area (TPSA) is 92.5 Å². The van der Waals surface area contributed by atoms with E-state index in [1.54, 1.807) is 24.3 Å². The molecule has 2 rings (SSSR count). The van der Waals surface area contributed by atoms with E-state index >= 15 is 0 Å². The summed E-state index contributed by atoms with van der Waals surface area (Å²) >= 11 is 0. The summed E-state index contributed by atoms with van der Waals surface area (Å²) < 4.78 is 0. The standard InChI is InChI=1S/C18H25N3O3/c1-2-3-4-15(11-19)20-18(24)14-7-5-13(6-8-14)12-21-16(22)9-10-17(21)23/h5-8,15H,2-4,9-12,19H2,1H3,(H,20,24). The van der Waals surface area contributed by atoms with Crippen molar-refractivity contribution in [3.63, 3.8) is 0 Å². The molecule has 3 amide bonds. The molecule has 0 saturated carbocycles. The number of amides is 3. The number of benzene rings is 1. The lowest BCUT2D eigenvalue weighted by molar-refractivity contribution is -0.139. The largest absolute Gasteiger partial charge is 0.348 e. The molecule has 0 bridgehead atoms. The molecule has 1 aromatic carbocycles. The van der Waals surface area contributed by atoms with Gasteiger partial charge >= 0.3 is 0 Å². The van der Waals surface area contributed by atoms with Crippen LogP contribution in [0.5, 0.6) is 0 Å². The number of nitrogens with zero attached hydrogens (tertiary/aromatic N) is 1. The first-order chi connectivity index (χ1) is 11.5. The SMILES string of the molecule is CCCCC(CN)NC(=O)c1ccc(CN2C(=O)CCC2=O)cc1. The maximum Gasteiger partial charge on any atom is 0.251 e. The summed E-state index contributed by atoms with van der Waals surface area (Å²) in [5.41, 5.74) is 7.08. The molecule has 6 heteroatoms. The molecule has 0 spiro atoms. The Morgan fingerprint density at radius 2 is 1.83 bits per heavy atom. The molecule has 1 aromatic rings. The zero-order valence-corrected chi connectivity index (χ0v) is 14.1. The third kappa shape index (κ3) is 4.64. The molecule has 6 nitrogen and oxygen atoms in total. The van der Waals surface area contributed by atoms with Crippen molar-refractivity contribution >= 4 is 17.7 Å². The molecule has 130 valence electrons. The van der Waals surface area contributed by atoms with Crippen molar-refractivity contribution in [2.45, 2.75) is 51.6 Å². The molecule has 1 atom stereocenters. The minimum absolute atomic E-state index is 0.0167. The first kappa shape index (κ1) is 18.1. The average molecular weight is 331 g/mol. The van der Waals surface area contributed by atoms with E-state index in [2.05, 4.69) is 12.2 Å². The van der Waals surface area contributed by atoms with Crippen LogP contribution in [0.15, 0.2) is 24.3 Å². The molecule has 3 N–H and O–H groups in total. The summed E-state index contributed by atoms with van der Waals surface area (Å²) in [6, 6.07) is 6.96. The lowest BCUT2D eigenvalue weighted by Gasteiger charge is -2.17. The Morgan fingerprint density at radius 1 is 1.21 bits per heavy atom. The molecule has 1 aliphatic heterocycles. The summed E-state index contributed by atoms with van der Waals surface area (Å²) in [7, 11) is 0. The second kappa shape index (κ2) is 8.59. The van der Waals surface area contributed by atoms with Crippen LogP contribution in [0.25, 0.3) is 0 Å². The number of unbranched alkanes of at least 4 members (excludes halogenated alkanes) is 1. The number of nitrogens with two attached hydrogens (primary N) is 1. The van der Waals surface area contributed by atoms with Crippen LogP contribution >= 0.6 is 0 Å². The van der Waals surface area contributed by atoms with E-state index in [4.69, 9.17) is 5.73 Å². The van der Waals surface area contributed by atoms with E-state index in [9.17, 15) is 14.4 Å². The summed E-state index contributed by atoms with van der Waals surface area (Å²) in [6.45, 7) is 2.79.